The monoisotopic (exact) mass is 272 g/mol. The number of nitrogens with zero attached hydrogens (tertiary/aromatic N) is 3. The summed E-state index contributed by atoms with van der Waals surface area (Å²) in [6.07, 6.45) is 2.66. The quantitative estimate of drug-likeness (QED) is 0.761. The first-order chi connectivity index (χ1) is 9.22. The van der Waals surface area contributed by atoms with Gasteiger partial charge in [-0.3, -0.25) is 4.98 Å². The number of anilines is 2. The molecule has 6 nitrogen and oxygen atoms in total. The van der Waals surface area contributed by atoms with E-state index >= 15 is 0 Å². The summed E-state index contributed by atoms with van der Waals surface area (Å²) in [5.74, 6) is -0.751. The Morgan fingerprint density at radius 3 is 2.84 bits per heavy atom. The third kappa shape index (κ3) is 2.36. The van der Waals surface area contributed by atoms with E-state index in [0.717, 1.165) is 10.2 Å². The van der Waals surface area contributed by atoms with Gasteiger partial charge in [-0.05, 0) is 12.1 Å². The van der Waals surface area contributed by atoms with Crippen LogP contribution in [-0.2, 0) is 0 Å². The van der Waals surface area contributed by atoms with Crippen LogP contribution in [0.15, 0.2) is 36.7 Å². The van der Waals surface area contributed by atoms with Crippen molar-refractivity contribution in [3.8, 4) is 0 Å². The highest BCUT2D eigenvalue weighted by Crippen LogP contribution is 2.27. The number of benzene rings is 1. The number of fused-ring (bicyclic) bond motifs is 1. The minimum Gasteiger partial charge on any atom is -0.476 e. The van der Waals surface area contributed by atoms with E-state index in [0.29, 0.717) is 10.9 Å². The van der Waals surface area contributed by atoms with E-state index in [-0.39, 0.29) is 5.69 Å². The van der Waals surface area contributed by atoms with Gasteiger partial charge >= 0.3 is 5.97 Å². The van der Waals surface area contributed by atoms with Crippen LogP contribution in [0.3, 0.4) is 0 Å². The molecule has 7 heteroatoms. The maximum Gasteiger partial charge on any atom is 0.356 e. The highest BCUT2D eigenvalue weighted by atomic mass is 32.1. The predicted molar refractivity (Wildman–Crippen MR) is 71.9 cm³/mol. The summed E-state index contributed by atoms with van der Waals surface area (Å²) >= 11 is 1.47. The lowest BCUT2D eigenvalue weighted by molar-refractivity contribution is 0.0690. The third-order valence-corrected chi connectivity index (χ3v) is 3.33. The van der Waals surface area contributed by atoms with Gasteiger partial charge < -0.3 is 10.4 Å². The van der Waals surface area contributed by atoms with E-state index in [1.54, 1.807) is 0 Å². The summed E-state index contributed by atoms with van der Waals surface area (Å²) in [6.45, 7) is 0. The second-order valence-electron chi connectivity index (χ2n) is 3.71. The number of para-hydroxylation sites is 1. The number of hydrogen-bond donors (Lipinski definition) is 2. The molecule has 0 fully saturated rings. The number of nitrogens with one attached hydrogen (secondary N) is 1. The van der Waals surface area contributed by atoms with Gasteiger partial charge in [0.15, 0.2) is 16.6 Å². The molecular weight excluding hydrogens is 264 g/mol. The van der Waals surface area contributed by atoms with Crippen LogP contribution >= 0.6 is 11.3 Å². The molecule has 0 amide bonds. The summed E-state index contributed by atoms with van der Waals surface area (Å²) in [7, 11) is 0. The summed E-state index contributed by atoms with van der Waals surface area (Å²) in [4.78, 5) is 22.9. The number of rotatable bonds is 3. The van der Waals surface area contributed by atoms with Crippen molar-refractivity contribution in [2.45, 2.75) is 0 Å². The SMILES string of the molecule is O=C(O)c1cncc(Nc2nc3ccccc3s2)n1. The lowest BCUT2D eigenvalue weighted by Crippen LogP contribution is -2.03. The van der Waals surface area contributed by atoms with Gasteiger partial charge in [0.25, 0.3) is 0 Å². The van der Waals surface area contributed by atoms with Crippen LogP contribution in [0.25, 0.3) is 10.2 Å². The first kappa shape index (κ1) is 11.5. The molecule has 0 aliphatic heterocycles. The molecule has 0 radical (unpaired) electrons. The Kier molecular flexibility index (Phi) is 2.81. The largest absolute Gasteiger partial charge is 0.476 e. The van der Waals surface area contributed by atoms with Crippen molar-refractivity contribution in [2.75, 3.05) is 5.32 Å². The zero-order valence-corrected chi connectivity index (χ0v) is 10.4. The molecule has 2 aromatic heterocycles. The van der Waals surface area contributed by atoms with Crippen LogP contribution in [-0.4, -0.2) is 26.0 Å². The Labute approximate surface area is 111 Å². The molecule has 1 aromatic carbocycles. The molecule has 0 spiro atoms. The van der Waals surface area contributed by atoms with Gasteiger partial charge in [0.2, 0.25) is 0 Å². The van der Waals surface area contributed by atoms with Gasteiger partial charge in [0.05, 0.1) is 22.6 Å². The van der Waals surface area contributed by atoms with Crippen molar-refractivity contribution >= 4 is 38.5 Å². The standard InChI is InChI=1S/C12H8N4O2S/c17-11(18)8-5-13-6-10(14-8)16-12-15-7-3-1-2-4-9(7)19-12/h1-6H,(H,17,18)(H,14,15,16). The molecule has 3 aromatic rings. The molecule has 2 heterocycles. The fourth-order valence-electron chi connectivity index (χ4n) is 1.56. The van der Waals surface area contributed by atoms with Crippen molar-refractivity contribution in [2.24, 2.45) is 0 Å². The van der Waals surface area contributed by atoms with Crippen LogP contribution in [0.4, 0.5) is 10.9 Å². The Balaban J connectivity index is 1.92. The first-order valence-corrected chi connectivity index (χ1v) is 6.22. The summed E-state index contributed by atoms with van der Waals surface area (Å²) in [5, 5.41) is 12.5. The minimum absolute atomic E-state index is 0.105. The second-order valence-corrected chi connectivity index (χ2v) is 4.74. The normalized spacial score (nSPS) is 10.5. The van der Waals surface area contributed by atoms with Crippen molar-refractivity contribution < 1.29 is 9.90 Å². The first-order valence-electron chi connectivity index (χ1n) is 5.40. The zero-order valence-electron chi connectivity index (χ0n) is 9.57. The number of hydrogen-bond acceptors (Lipinski definition) is 6. The topological polar surface area (TPSA) is 88.0 Å². The lowest BCUT2D eigenvalue weighted by atomic mass is 10.3. The van der Waals surface area contributed by atoms with Gasteiger partial charge in [-0.25, -0.2) is 14.8 Å². The van der Waals surface area contributed by atoms with Crippen molar-refractivity contribution in [3.05, 3.63) is 42.4 Å². The molecule has 0 bridgehead atoms. The van der Waals surface area contributed by atoms with Gasteiger partial charge in [-0.2, -0.15) is 0 Å². The zero-order chi connectivity index (χ0) is 13.2. The third-order valence-electron chi connectivity index (χ3n) is 2.38. The molecule has 0 saturated heterocycles. The van der Waals surface area contributed by atoms with Crippen LogP contribution in [0.5, 0.6) is 0 Å². The molecule has 0 aliphatic rings. The van der Waals surface area contributed by atoms with Crippen LogP contribution in [0.1, 0.15) is 10.5 Å². The number of carbonyl (C=O) groups is 1. The molecular formula is C12H8N4O2S. The molecule has 94 valence electrons. The van der Waals surface area contributed by atoms with E-state index < -0.39 is 5.97 Å². The van der Waals surface area contributed by atoms with Gasteiger partial charge in [0, 0.05) is 0 Å². The number of carboxylic acid groups (broad SMARTS) is 1. The van der Waals surface area contributed by atoms with Crippen molar-refractivity contribution in [1.82, 2.24) is 15.0 Å². The number of aromatic carboxylic acids is 1. The van der Waals surface area contributed by atoms with Crippen LogP contribution in [0.2, 0.25) is 0 Å². The molecule has 3 rings (SSSR count). The highest BCUT2D eigenvalue weighted by molar-refractivity contribution is 7.22. The summed E-state index contributed by atoms with van der Waals surface area (Å²) in [5.41, 5.74) is 0.781. The van der Waals surface area contributed by atoms with E-state index in [1.807, 2.05) is 24.3 Å². The molecule has 0 aliphatic carbocycles. The fraction of sp³-hybridized carbons (Fsp3) is 0. The van der Waals surface area contributed by atoms with Crippen molar-refractivity contribution in [3.63, 3.8) is 0 Å². The van der Waals surface area contributed by atoms with Gasteiger partial charge in [0.1, 0.15) is 0 Å². The van der Waals surface area contributed by atoms with Crippen LogP contribution < -0.4 is 5.32 Å². The Hall–Kier alpha value is -2.54. The molecule has 0 saturated carbocycles. The average molecular weight is 272 g/mol. The van der Waals surface area contributed by atoms with E-state index in [2.05, 4.69) is 20.3 Å². The lowest BCUT2D eigenvalue weighted by Gasteiger charge is -2.01. The maximum absolute atomic E-state index is 10.8. The van der Waals surface area contributed by atoms with E-state index in [4.69, 9.17) is 5.11 Å². The Morgan fingerprint density at radius 2 is 2.05 bits per heavy atom. The Morgan fingerprint density at radius 1 is 1.21 bits per heavy atom. The number of carboxylic acids is 1. The van der Waals surface area contributed by atoms with Crippen molar-refractivity contribution in [1.29, 1.82) is 0 Å². The van der Waals surface area contributed by atoms with E-state index in [9.17, 15) is 4.79 Å². The molecule has 0 unspecified atom stereocenters. The highest BCUT2D eigenvalue weighted by Gasteiger charge is 2.08. The maximum atomic E-state index is 10.8. The minimum atomic E-state index is -1.11. The van der Waals surface area contributed by atoms with E-state index in [1.165, 1.54) is 23.7 Å². The fourth-order valence-corrected chi connectivity index (χ4v) is 2.44. The van der Waals surface area contributed by atoms with Gasteiger partial charge in [-0.1, -0.05) is 23.5 Å². The summed E-state index contributed by atoms with van der Waals surface area (Å²) < 4.78 is 1.05. The molecule has 2 N–H and O–H groups in total. The average Bonchev–Trinajstić information content (AvgIpc) is 2.81. The second kappa shape index (κ2) is 4.62. The Bertz CT molecular complexity index is 723. The predicted octanol–water partition coefficient (Wildman–Crippen LogP) is 2.53. The number of aromatic nitrogens is 3. The molecule has 19 heavy (non-hydrogen) atoms. The smallest absolute Gasteiger partial charge is 0.356 e. The van der Waals surface area contributed by atoms with Crippen LogP contribution in [0, 0.1) is 0 Å². The summed E-state index contributed by atoms with van der Waals surface area (Å²) in [6, 6.07) is 7.74. The number of thiazole rings is 1. The molecule has 0 atom stereocenters. The van der Waals surface area contributed by atoms with Gasteiger partial charge in [-0.15, -0.1) is 0 Å².